The van der Waals surface area contributed by atoms with Crippen LogP contribution in [0.25, 0.3) is 0 Å². The van der Waals surface area contributed by atoms with Crippen LogP contribution >= 0.6 is 0 Å². The minimum atomic E-state index is -0.465. The second kappa shape index (κ2) is 7.85. The van der Waals surface area contributed by atoms with Gasteiger partial charge in [-0.2, -0.15) is 0 Å². The van der Waals surface area contributed by atoms with Crippen LogP contribution in [0.4, 0.5) is 0 Å². The first-order valence-corrected chi connectivity index (χ1v) is 7.63. The second-order valence-corrected chi connectivity index (χ2v) is 5.69. The Hall–Kier alpha value is -0.610. The molecule has 112 valence electrons. The summed E-state index contributed by atoms with van der Waals surface area (Å²) < 4.78 is 5.03. The summed E-state index contributed by atoms with van der Waals surface area (Å²) in [6, 6.07) is 0.485. The zero-order valence-corrected chi connectivity index (χ0v) is 13.0. The first kappa shape index (κ1) is 16.4. The van der Waals surface area contributed by atoms with Crippen molar-refractivity contribution in [3.8, 4) is 0 Å². The molecule has 0 bridgehead atoms. The number of methoxy groups -OCH3 is 1. The van der Waals surface area contributed by atoms with Crippen molar-refractivity contribution in [2.75, 3.05) is 27.2 Å². The predicted molar refractivity (Wildman–Crippen MR) is 78.2 cm³/mol. The molecule has 0 heterocycles. The minimum Gasteiger partial charge on any atom is -0.468 e. The smallest absolute Gasteiger partial charge is 0.326 e. The highest BCUT2D eigenvalue weighted by Gasteiger charge is 2.43. The van der Waals surface area contributed by atoms with E-state index in [1.165, 1.54) is 26.4 Å². The van der Waals surface area contributed by atoms with E-state index in [4.69, 9.17) is 4.74 Å². The van der Waals surface area contributed by atoms with Crippen molar-refractivity contribution in [3.05, 3.63) is 0 Å². The molecule has 1 aliphatic carbocycles. The Morgan fingerprint density at radius 1 is 1.47 bits per heavy atom. The van der Waals surface area contributed by atoms with E-state index in [0.29, 0.717) is 6.04 Å². The van der Waals surface area contributed by atoms with Gasteiger partial charge >= 0.3 is 5.97 Å². The van der Waals surface area contributed by atoms with Gasteiger partial charge in [-0.3, -0.25) is 4.79 Å². The maximum Gasteiger partial charge on any atom is 0.326 e. The van der Waals surface area contributed by atoms with Gasteiger partial charge in [-0.05, 0) is 52.2 Å². The van der Waals surface area contributed by atoms with E-state index in [-0.39, 0.29) is 5.97 Å². The number of unbranched alkanes of at least 4 members (excludes halogenated alkanes) is 1. The molecule has 1 N–H and O–H groups in total. The molecular weight excluding hydrogens is 240 g/mol. The summed E-state index contributed by atoms with van der Waals surface area (Å²) in [5.41, 5.74) is -0.465. The van der Waals surface area contributed by atoms with E-state index in [1.54, 1.807) is 0 Å². The molecule has 0 aromatic carbocycles. The third-order valence-corrected chi connectivity index (χ3v) is 4.30. The molecule has 0 aliphatic heterocycles. The van der Waals surface area contributed by atoms with E-state index >= 15 is 0 Å². The minimum absolute atomic E-state index is 0.0945. The van der Waals surface area contributed by atoms with Crippen LogP contribution in [0.2, 0.25) is 0 Å². The largest absolute Gasteiger partial charge is 0.468 e. The molecule has 2 unspecified atom stereocenters. The maximum absolute atomic E-state index is 12.2. The number of nitrogens with zero attached hydrogens (tertiary/aromatic N) is 1. The molecule has 2 atom stereocenters. The molecule has 0 saturated heterocycles. The van der Waals surface area contributed by atoms with Crippen molar-refractivity contribution in [1.82, 2.24) is 10.2 Å². The van der Waals surface area contributed by atoms with Crippen molar-refractivity contribution in [2.45, 2.75) is 64.0 Å². The molecule has 19 heavy (non-hydrogen) atoms. The van der Waals surface area contributed by atoms with Crippen LogP contribution in [0.5, 0.6) is 0 Å². The lowest BCUT2D eigenvalue weighted by Gasteiger charge is -2.42. The van der Waals surface area contributed by atoms with Crippen molar-refractivity contribution in [1.29, 1.82) is 0 Å². The van der Waals surface area contributed by atoms with Crippen LogP contribution in [0.15, 0.2) is 0 Å². The molecule has 0 spiro atoms. The molecule has 1 rings (SSSR count). The Morgan fingerprint density at radius 3 is 2.79 bits per heavy atom. The lowest BCUT2D eigenvalue weighted by Crippen LogP contribution is -2.58. The Balaban J connectivity index is 2.70. The Bertz CT molecular complexity index is 279. The van der Waals surface area contributed by atoms with Gasteiger partial charge in [-0.25, -0.2) is 0 Å². The van der Waals surface area contributed by atoms with Gasteiger partial charge in [0.05, 0.1) is 7.11 Å². The average Bonchev–Trinajstić information content (AvgIpc) is 2.44. The molecule has 0 radical (unpaired) electrons. The van der Waals surface area contributed by atoms with E-state index in [0.717, 1.165) is 32.4 Å². The first-order chi connectivity index (χ1) is 9.09. The van der Waals surface area contributed by atoms with Crippen molar-refractivity contribution in [2.24, 2.45) is 0 Å². The summed E-state index contributed by atoms with van der Waals surface area (Å²) >= 11 is 0. The third-order valence-electron chi connectivity index (χ3n) is 4.30. The molecular formula is C15H30N2O2. The van der Waals surface area contributed by atoms with Gasteiger partial charge in [0.25, 0.3) is 0 Å². The van der Waals surface area contributed by atoms with Gasteiger partial charge in [-0.1, -0.05) is 20.3 Å². The lowest BCUT2D eigenvalue weighted by atomic mass is 9.78. The highest BCUT2D eigenvalue weighted by atomic mass is 16.5. The van der Waals surface area contributed by atoms with Gasteiger partial charge < -0.3 is 15.0 Å². The van der Waals surface area contributed by atoms with E-state index in [2.05, 4.69) is 31.1 Å². The molecule has 1 saturated carbocycles. The fourth-order valence-electron chi connectivity index (χ4n) is 3.16. The van der Waals surface area contributed by atoms with Crippen LogP contribution in [0.3, 0.4) is 0 Å². The number of rotatable bonds is 7. The van der Waals surface area contributed by atoms with Crippen LogP contribution < -0.4 is 5.32 Å². The van der Waals surface area contributed by atoms with E-state index in [9.17, 15) is 4.79 Å². The number of hydrogen-bond acceptors (Lipinski definition) is 4. The summed E-state index contributed by atoms with van der Waals surface area (Å²) in [6.07, 6.45) is 6.47. The summed E-state index contributed by atoms with van der Waals surface area (Å²) in [4.78, 5) is 14.6. The SMILES string of the molecule is CCCCN(C)C1CCCC(NCC)(C(=O)OC)C1. The zero-order valence-electron chi connectivity index (χ0n) is 13.0. The molecule has 1 fully saturated rings. The monoisotopic (exact) mass is 270 g/mol. The Kier molecular flexibility index (Phi) is 6.80. The number of carbonyl (C=O) groups excluding carboxylic acids is 1. The normalized spacial score (nSPS) is 27.5. The first-order valence-electron chi connectivity index (χ1n) is 7.63. The summed E-state index contributed by atoms with van der Waals surface area (Å²) in [6.45, 7) is 6.19. The molecule has 4 heteroatoms. The van der Waals surface area contributed by atoms with Crippen LogP contribution in [-0.4, -0.2) is 49.7 Å². The van der Waals surface area contributed by atoms with Crippen molar-refractivity contribution in [3.63, 3.8) is 0 Å². The van der Waals surface area contributed by atoms with Gasteiger partial charge in [0.2, 0.25) is 0 Å². The fraction of sp³-hybridized carbons (Fsp3) is 0.933. The lowest BCUT2D eigenvalue weighted by molar-refractivity contribution is -0.151. The van der Waals surface area contributed by atoms with Crippen molar-refractivity contribution < 1.29 is 9.53 Å². The van der Waals surface area contributed by atoms with Gasteiger partial charge in [0.15, 0.2) is 0 Å². The van der Waals surface area contributed by atoms with Gasteiger partial charge in [0, 0.05) is 6.04 Å². The summed E-state index contributed by atoms with van der Waals surface area (Å²) in [5.74, 6) is -0.0945. The maximum atomic E-state index is 12.2. The quantitative estimate of drug-likeness (QED) is 0.720. The number of carbonyl (C=O) groups is 1. The third kappa shape index (κ3) is 4.18. The molecule has 0 aromatic rings. The fourth-order valence-corrected chi connectivity index (χ4v) is 3.16. The van der Waals surface area contributed by atoms with Crippen LogP contribution in [0.1, 0.15) is 52.4 Å². The number of hydrogen-bond donors (Lipinski definition) is 1. The summed E-state index contributed by atoms with van der Waals surface area (Å²) in [5, 5.41) is 3.39. The average molecular weight is 270 g/mol. The highest BCUT2D eigenvalue weighted by molar-refractivity contribution is 5.81. The number of esters is 1. The number of likely N-dealkylation sites (N-methyl/N-ethyl adjacent to an activating group) is 1. The van der Waals surface area contributed by atoms with Crippen LogP contribution in [-0.2, 0) is 9.53 Å². The number of nitrogens with one attached hydrogen (secondary N) is 1. The second-order valence-electron chi connectivity index (χ2n) is 5.69. The van der Waals surface area contributed by atoms with E-state index < -0.39 is 5.54 Å². The topological polar surface area (TPSA) is 41.6 Å². The molecule has 0 amide bonds. The Morgan fingerprint density at radius 2 is 2.21 bits per heavy atom. The molecule has 4 nitrogen and oxygen atoms in total. The standard InChI is InChI=1S/C15H30N2O2/c1-5-7-11-17(3)13-9-8-10-15(12-13,16-6-2)14(18)19-4/h13,16H,5-12H2,1-4H3. The summed E-state index contributed by atoms with van der Waals surface area (Å²) in [7, 11) is 3.67. The van der Waals surface area contributed by atoms with Gasteiger partial charge in [-0.15, -0.1) is 0 Å². The number of ether oxygens (including phenoxy) is 1. The molecule has 0 aromatic heterocycles. The zero-order chi connectivity index (χ0) is 14.3. The van der Waals surface area contributed by atoms with Gasteiger partial charge in [0.1, 0.15) is 5.54 Å². The van der Waals surface area contributed by atoms with Crippen LogP contribution in [0, 0.1) is 0 Å². The highest BCUT2D eigenvalue weighted by Crippen LogP contribution is 2.32. The van der Waals surface area contributed by atoms with E-state index in [1.807, 2.05) is 0 Å². The Labute approximate surface area is 117 Å². The predicted octanol–water partition coefficient (Wildman–Crippen LogP) is 2.18. The van der Waals surface area contributed by atoms with Crippen molar-refractivity contribution >= 4 is 5.97 Å². The molecule has 1 aliphatic rings.